The van der Waals surface area contributed by atoms with E-state index >= 15 is 0 Å². The molecule has 1 rings (SSSR count). The Morgan fingerprint density at radius 1 is 1.27 bits per heavy atom. The monoisotopic (exact) mass is 236 g/mol. The van der Waals surface area contributed by atoms with Crippen LogP contribution in [0.4, 0.5) is 8.78 Å². The summed E-state index contributed by atoms with van der Waals surface area (Å²) in [6.45, 7) is 0. The first-order chi connectivity index (χ1) is 6.84. The first kappa shape index (κ1) is 12.1. The van der Waals surface area contributed by atoms with E-state index in [1.807, 2.05) is 0 Å². The third-order valence-electron chi connectivity index (χ3n) is 1.88. The molecule has 6 heteroatoms. The average molecular weight is 236 g/mol. The van der Waals surface area contributed by atoms with Crippen LogP contribution in [0.25, 0.3) is 0 Å². The Hall–Kier alpha value is -1.01. The highest BCUT2D eigenvalue weighted by Crippen LogP contribution is 2.26. The van der Waals surface area contributed by atoms with Crippen molar-refractivity contribution in [2.75, 3.05) is 6.26 Å². The second-order valence-corrected chi connectivity index (χ2v) is 5.07. The molecule has 0 fully saturated rings. The van der Waals surface area contributed by atoms with Gasteiger partial charge in [-0.15, -0.1) is 0 Å². The Balaban J connectivity index is 3.31. The molecule has 0 aliphatic heterocycles. The van der Waals surface area contributed by atoms with Crippen LogP contribution in [-0.4, -0.2) is 26.2 Å². The highest BCUT2D eigenvalue weighted by atomic mass is 32.2. The molecule has 0 bridgehead atoms. The Morgan fingerprint density at radius 3 is 2.27 bits per heavy atom. The van der Waals surface area contributed by atoms with Gasteiger partial charge >= 0.3 is 0 Å². The number of sulfone groups is 1. The minimum Gasteiger partial charge on any atom is -0.382 e. The van der Waals surface area contributed by atoms with Crippen molar-refractivity contribution in [3.05, 3.63) is 29.8 Å². The second-order valence-electron chi connectivity index (χ2n) is 3.09. The van der Waals surface area contributed by atoms with Crippen LogP contribution in [0.5, 0.6) is 0 Å². The molecule has 1 unspecified atom stereocenters. The summed E-state index contributed by atoms with van der Waals surface area (Å²) in [4.78, 5) is -0.266. The Labute approximate surface area is 86.3 Å². The third kappa shape index (κ3) is 2.73. The first-order valence-electron chi connectivity index (χ1n) is 4.09. The number of hydrogen-bond acceptors (Lipinski definition) is 3. The molecule has 84 valence electrons. The van der Waals surface area contributed by atoms with Crippen LogP contribution in [0.1, 0.15) is 11.7 Å². The van der Waals surface area contributed by atoms with Gasteiger partial charge in [0.25, 0.3) is 6.43 Å². The molecule has 1 aromatic carbocycles. The van der Waals surface area contributed by atoms with Gasteiger partial charge in [0.2, 0.25) is 0 Å². The number of aliphatic hydroxyl groups is 1. The second kappa shape index (κ2) is 4.24. The number of benzene rings is 1. The van der Waals surface area contributed by atoms with Crippen molar-refractivity contribution in [1.29, 1.82) is 0 Å². The quantitative estimate of drug-likeness (QED) is 0.862. The topological polar surface area (TPSA) is 54.4 Å². The summed E-state index contributed by atoms with van der Waals surface area (Å²) >= 11 is 0. The largest absolute Gasteiger partial charge is 0.382 e. The molecule has 0 amide bonds. The summed E-state index contributed by atoms with van der Waals surface area (Å²) in [6, 6.07) is 5.18. The maximum Gasteiger partial charge on any atom is 0.268 e. The molecule has 0 aliphatic rings. The lowest BCUT2D eigenvalue weighted by molar-refractivity contribution is -0.00731. The highest BCUT2D eigenvalue weighted by molar-refractivity contribution is 7.90. The fraction of sp³-hybridized carbons (Fsp3) is 0.333. The van der Waals surface area contributed by atoms with Gasteiger partial charge in [-0.3, -0.25) is 0 Å². The zero-order chi connectivity index (χ0) is 11.6. The normalized spacial score (nSPS) is 14.2. The molecule has 0 heterocycles. The predicted molar refractivity (Wildman–Crippen MR) is 50.5 cm³/mol. The fourth-order valence-electron chi connectivity index (χ4n) is 1.20. The average Bonchev–Trinajstić information content (AvgIpc) is 2.15. The van der Waals surface area contributed by atoms with E-state index in [-0.39, 0.29) is 10.5 Å². The molecule has 0 saturated heterocycles. The lowest BCUT2D eigenvalue weighted by atomic mass is 10.1. The predicted octanol–water partition coefficient (Wildman–Crippen LogP) is 1.39. The maximum atomic E-state index is 12.2. The van der Waals surface area contributed by atoms with Gasteiger partial charge in [-0.2, -0.15) is 0 Å². The molecule has 15 heavy (non-hydrogen) atoms. The highest BCUT2D eigenvalue weighted by Gasteiger charge is 2.25. The van der Waals surface area contributed by atoms with Gasteiger partial charge in [-0.05, 0) is 6.07 Å². The van der Waals surface area contributed by atoms with Crippen LogP contribution >= 0.6 is 0 Å². The Bertz CT molecular complexity index is 442. The van der Waals surface area contributed by atoms with Gasteiger partial charge in [-0.1, -0.05) is 18.2 Å². The summed E-state index contributed by atoms with van der Waals surface area (Å²) in [5.74, 6) is 0. The van der Waals surface area contributed by atoms with Crippen LogP contribution in [0, 0.1) is 0 Å². The van der Waals surface area contributed by atoms with E-state index in [9.17, 15) is 17.2 Å². The number of halogens is 2. The van der Waals surface area contributed by atoms with Crippen molar-refractivity contribution < 1.29 is 22.3 Å². The van der Waals surface area contributed by atoms with E-state index in [1.54, 1.807) is 0 Å². The van der Waals surface area contributed by atoms with E-state index in [2.05, 4.69) is 0 Å². The van der Waals surface area contributed by atoms with Crippen molar-refractivity contribution in [1.82, 2.24) is 0 Å². The fourth-order valence-corrected chi connectivity index (χ4v) is 2.14. The summed E-state index contributed by atoms with van der Waals surface area (Å²) < 4.78 is 46.9. The molecule has 0 radical (unpaired) electrons. The van der Waals surface area contributed by atoms with Gasteiger partial charge in [0.15, 0.2) is 9.84 Å². The van der Waals surface area contributed by atoms with E-state index < -0.39 is 22.4 Å². The van der Waals surface area contributed by atoms with E-state index in [4.69, 9.17) is 5.11 Å². The van der Waals surface area contributed by atoms with Crippen molar-refractivity contribution >= 4 is 9.84 Å². The third-order valence-corrected chi connectivity index (χ3v) is 3.05. The van der Waals surface area contributed by atoms with Gasteiger partial charge in [0.05, 0.1) is 4.90 Å². The number of rotatable bonds is 3. The summed E-state index contributed by atoms with van der Waals surface area (Å²) in [5, 5.41) is 9.13. The van der Waals surface area contributed by atoms with Crippen LogP contribution < -0.4 is 0 Å². The SMILES string of the molecule is CS(=O)(=O)c1ccccc1C(O)C(F)F. The molecule has 0 spiro atoms. The van der Waals surface area contributed by atoms with Crippen LogP contribution in [0.3, 0.4) is 0 Å². The minimum absolute atomic E-state index is 0.266. The van der Waals surface area contributed by atoms with Crippen molar-refractivity contribution in [3.8, 4) is 0 Å². The van der Waals surface area contributed by atoms with Crippen molar-refractivity contribution in [2.45, 2.75) is 17.4 Å². The molecular formula is C9H10F2O3S. The molecule has 0 saturated carbocycles. The minimum atomic E-state index is -3.61. The molecule has 3 nitrogen and oxygen atoms in total. The zero-order valence-electron chi connectivity index (χ0n) is 7.89. The van der Waals surface area contributed by atoms with Gasteiger partial charge < -0.3 is 5.11 Å². The zero-order valence-corrected chi connectivity index (χ0v) is 8.71. The van der Waals surface area contributed by atoms with Gasteiger partial charge in [-0.25, -0.2) is 17.2 Å². The molecular weight excluding hydrogens is 226 g/mol. The van der Waals surface area contributed by atoms with E-state index in [1.165, 1.54) is 24.3 Å². The summed E-state index contributed by atoms with van der Waals surface area (Å²) in [7, 11) is -3.61. The first-order valence-corrected chi connectivity index (χ1v) is 5.98. The Kier molecular flexibility index (Phi) is 3.41. The molecule has 0 aromatic heterocycles. The molecule has 1 aromatic rings. The summed E-state index contributed by atoms with van der Waals surface area (Å²) in [6.07, 6.45) is -4.17. The van der Waals surface area contributed by atoms with Crippen molar-refractivity contribution in [2.24, 2.45) is 0 Å². The van der Waals surface area contributed by atoms with Crippen molar-refractivity contribution in [3.63, 3.8) is 0 Å². The van der Waals surface area contributed by atoms with Crippen LogP contribution in [-0.2, 0) is 9.84 Å². The number of aliphatic hydroxyl groups excluding tert-OH is 1. The smallest absolute Gasteiger partial charge is 0.268 e. The molecule has 0 aliphatic carbocycles. The standard InChI is InChI=1S/C9H10F2O3S/c1-15(13,14)7-5-3-2-4-6(7)8(12)9(10)11/h2-5,8-9,12H,1H3. The molecule has 1 atom stereocenters. The van der Waals surface area contributed by atoms with Gasteiger partial charge in [0.1, 0.15) is 6.10 Å². The molecule has 1 N–H and O–H groups in total. The van der Waals surface area contributed by atoms with Crippen LogP contribution in [0.2, 0.25) is 0 Å². The number of alkyl halides is 2. The van der Waals surface area contributed by atoms with E-state index in [0.29, 0.717) is 0 Å². The van der Waals surface area contributed by atoms with Crippen LogP contribution in [0.15, 0.2) is 29.2 Å². The maximum absolute atomic E-state index is 12.2. The Morgan fingerprint density at radius 2 is 1.80 bits per heavy atom. The number of hydrogen-bond donors (Lipinski definition) is 1. The lowest BCUT2D eigenvalue weighted by Crippen LogP contribution is -2.12. The van der Waals surface area contributed by atoms with E-state index in [0.717, 1.165) is 6.26 Å². The van der Waals surface area contributed by atoms with Gasteiger partial charge in [0, 0.05) is 11.8 Å². The summed E-state index contributed by atoms with van der Waals surface area (Å²) in [5.41, 5.74) is -0.269. The lowest BCUT2D eigenvalue weighted by Gasteiger charge is -2.13.